The minimum atomic E-state index is -0.589. The highest BCUT2D eigenvalue weighted by Gasteiger charge is 2.32. The smallest absolute Gasteiger partial charge is 0.332 e. The number of aromatic nitrogens is 2. The van der Waals surface area contributed by atoms with Gasteiger partial charge in [-0.1, -0.05) is 0 Å². The lowest BCUT2D eigenvalue weighted by atomic mass is 10.2. The van der Waals surface area contributed by atoms with Crippen LogP contribution >= 0.6 is 15.9 Å². The van der Waals surface area contributed by atoms with Crippen molar-refractivity contribution in [1.29, 1.82) is 0 Å². The van der Waals surface area contributed by atoms with E-state index < -0.39 is 12.0 Å². The number of hydrogen-bond acceptors (Lipinski definition) is 4. The van der Waals surface area contributed by atoms with Gasteiger partial charge in [0.1, 0.15) is 10.3 Å². The summed E-state index contributed by atoms with van der Waals surface area (Å²) in [6.07, 6.45) is 0. The van der Waals surface area contributed by atoms with E-state index in [1.54, 1.807) is 6.07 Å². The van der Waals surface area contributed by atoms with Crippen molar-refractivity contribution in [1.82, 2.24) is 15.1 Å². The van der Waals surface area contributed by atoms with Crippen LogP contribution < -0.4 is 5.32 Å². The number of halogens is 1. The third-order valence-electron chi connectivity index (χ3n) is 2.16. The Morgan fingerprint density at radius 2 is 2.53 bits per heavy atom. The maximum Gasteiger partial charge on any atom is 0.332 e. The second-order valence-electron chi connectivity index (χ2n) is 3.05. The van der Waals surface area contributed by atoms with Crippen LogP contribution in [0.4, 0.5) is 0 Å². The predicted molar refractivity (Wildman–Crippen MR) is 53.3 cm³/mol. The van der Waals surface area contributed by atoms with E-state index in [1.165, 1.54) is 11.8 Å². The van der Waals surface area contributed by atoms with Gasteiger partial charge in [0.25, 0.3) is 5.91 Å². The van der Waals surface area contributed by atoms with Crippen LogP contribution in [0, 0.1) is 0 Å². The predicted octanol–water partition coefficient (Wildman–Crippen LogP) is 0.103. The van der Waals surface area contributed by atoms with Crippen molar-refractivity contribution < 1.29 is 14.3 Å². The molecule has 0 radical (unpaired) electrons. The van der Waals surface area contributed by atoms with E-state index in [0.29, 0.717) is 10.3 Å². The summed E-state index contributed by atoms with van der Waals surface area (Å²) in [5.74, 6) is -0.666. The molecule has 1 amide bonds. The summed E-state index contributed by atoms with van der Waals surface area (Å²) < 4.78 is 6.51. The highest BCUT2D eigenvalue weighted by atomic mass is 79.9. The molecule has 15 heavy (non-hydrogen) atoms. The van der Waals surface area contributed by atoms with Crippen molar-refractivity contribution >= 4 is 27.8 Å². The first kappa shape index (κ1) is 10.2. The number of nitrogens with one attached hydrogen (secondary N) is 1. The van der Waals surface area contributed by atoms with Crippen molar-refractivity contribution in [3.63, 3.8) is 0 Å². The Hall–Kier alpha value is -1.37. The first-order chi connectivity index (χ1) is 7.13. The second kappa shape index (κ2) is 3.65. The number of esters is 1. The molecule has 2 rings (SSSR count). The summed E-state index contributed by atoms with van der Waals surface area (Å²) in [4.78, 5) is 22.8. The van der Waals surface area contributed by atoms with Crippen LogP contribution in [-0.2, 0) is 9.53 Å². The second-order valence-corrected chi connectivity index (χ2v) is 3.86. The fourth-order valence-corrected chi connectivity index (χ4v) is 1.85. The normalized spacial score (nSPS) is 19.3. The molecule has 0 fully saturated rings. The molecule has 80 valence electrons. The molecule has 1 aromatic heterocycles. The van der Waals surface area contributed by atoms with E-state index >= 15 is 0 Å². The van der Waals surface area contributed by atoms with Gasteiger partial charge >= 0.3 is 5.97 Å². The molecule has 6 nitrogen and oxygen atoms in total. The molecule has 7 heteroatoms. The highest BCUT2D eigenvalue weighted by molar-refractivity contribution is 9.10. The van der Waals surface area contributed by atoms with Gasteiger partial charge in [-0.3, -0.25) is 4.79 Å². The first-order valence-corrected chi connectivity index (χ1v) is 5.04. The maximum atomic E-state index is 11.4. The number of amides is 1. The summed E-state index contributed by atoms with van der Waals surface area (Å²) in [7, 11) is 1.30. The van der Waals surface area contributed by atoms with Crippen molar-refractivity contribution in [3.8, 4) is 0 Å². The molecule has 1 aliphatic rings. The van der Waals surface area contributed by atoms with Crippen molar-refractivity contribution in [2.75, 3.05) is 13.7 Å². The molecular formula is C8H8BrN3O3. The van der Waals surface area contributed by atoms with E-state index in [2.05, 4.69) is 31.1 Å². The molecule has 0 spiro atoms. The van der Waals surface area contributed by atoms with Gasteiger partial charge in [-0.25, -0.2) is 9.48 Å². The SMILES string of the molecule is COC(=O)C1CNC(=O)c2cc(Br)nn21. The molecule has 0 bridgehead atoms. The lowest BCUT2D eigenvalue weighted by molar-refractivity contribution is -0.144. The van der Waals surface area contributed by atoms with Gasteiger partial charge in [0, 0.05) is 6.07 Å². The van der Waals surface area contributed by atoms with Crippen LogP contribution in [0.25, 0.3) is 0 Å². The largest absolute Gasteiger partial charge is 0.467 e. The highest BCUT2D eigenvalue weighted by Crippen LogP contribution is 2.19. The van der Waals surface area contributed by atoms with Crippen molar-refractivity contribution in [2.45, 2.75) is 6.04 Å². The fraction of sp³-hybridized carbons (Fsp3) is 0.375. The Bertz CT molecular complexity index is 429. The number of carbonyl (C=O) groups excluding carboxylic acids is 2. The van der Waals surface area contributed by atoms with Gasteiger partial charge in [-0.15, -0.1) is 0 Å². The summed E-state index contributed by atoms with van der Waals surface area (Å²) in [5.41, 5.74) is 0.350. The number of fused-ring (bicyclic) bond motifs is 1. The Morgan fingerprint density at radius 1 is 1.80 bits per heavy atom. The standard InChI is InChI=1S/C8H8BrN3O3/c1-15-8(14)5-3-10-7(13)4-2-6(9)11-12(4)5/h2,5H,3H2,1H3,(H,10,13). The Morgan fingerprint density at radius 3 is 3.20 bits per heavy atom. The number of rotatable bonds is 1. The number of hydrogen-bond donors (Lipinski definition) is 1. The van der Waals surface area contributed by atoms with Crippen LogP contribution in [0.1, 0.15) is 16.5 Å². The quantitative estimate of drug-likeness (QED) is 0.737. The third-order valence-corrected chi connectivity index (χ3v) is 2.55. The minimum Gasteiger partial charge on any atom is -0.467 e. The van der Waals surface area contributed by atoms with E-state index in [-0.39, 0.29) is 12.5 Å². The molecule has 1 unspecified atom stereocenters. The van der Waals surface area contributed by atoms with E-state index in [0.717, 1.165) is 0 Å². The fourth-order valence-electron chi connectivity index (χ4n) is 1.46. The molecule has 1 aromatic rings. The Kier molecular flexibility index (Phi) is 2.47. The summed E-state index contributed by atoms with van der Waals surface area (Å²) in [5, 5.41) is 6.62. The first-order valence-electron chi connectivity index (χ1n) is 4.24. The van der Waals surface area contributed by atoms with Gasteiger partial charge in [0.15, 0.2) is 6.04 Å². The summed E-state index contributed by atoms with van der Waals surface area (Å²) in [6, 6.07) is 0.971. The van der Waals surface area contributed by atoms with Crippen molar-refractivity contribution in [2.24, 2.45) is 0 Å². The van der Waals surface area contributed by atoms with Crippen LogP contribution in [0.15, 0.2) is 10.7 Å². The molecular weight excluding hydrogens is 266 g/mol. The van der Waals surface area contributed by atoms with Crippen LogP contribution in [0.3, 0.4) is 0 Å². The lowest BCUT2D eigenvalue weighted by Gasteiger charge is -2.22. The molecule has 0 aromatic carbocycles. The zero-order chi connectivity index (χ0) is 11.0. The van der Waals surface area contributed by atoms with Crippen molar-refractivity contribution in [3.05, 3.63) is 16.4 Å². The van der Waals surface area contributed by atoms with E-state index in [1.807, 2.05) is 0 Å². The molecule has 0 saturated carbocycles. The average Bonchev–Trinajstić information content (AvgIpc) is 2.60. The van der Waals surface area contributed by atoms with Gasteiger partial charge in [0.2, 0.25) is 0 Å². The average molecular weight is 274 g/mol. The van der Waals surface area contributed by atoms with E-state index in [4.69, 9.17) is 0 Å². The number of nitrogens with zero attached hydrogens (tertiary/aromatic N) is 2. The zero-order valence-corrected chi connectivity index (χ0v) is 9.44. The molecule has 0 aliphatic carbocycles. The molecule has 0 saturated heterocycles. The van der Waals surface area contributed by atoms with Crippen LogP contribution in [0.2, 0.25) is 0 Å². The molecule has 2 heterocycles. The van der Waals surface area contributed by atoms with Gasteiger partial charge in [0.05, 0.1) is 13.7 Å². The molecule has 1 N–H and O–H groups in total. The van der Waals surface area contributed by atoms with Gasteiger partial charge in [-0.2, -0.15) is 5.10 Å². The Labute approximate surface area is 93.7 Å². The summed E-state index contributed by atoms with van der Waals surface area (Å²) in [6.45, 7) is 0.201. The zero-order valence-electron chi connectivity index (χ0n) is 7.86. The number of carbonyl (C=O) groups is 2. The van der Waals surface area contributed by atoms with Crippen LogP contribution in [-0.4, -0.2) is 35.3 Å². The van der Waals surface area contributed by atoms with Gasteiger partial charge in [-0.05, 0) is 15.9 Å². The maximum absolute atomic E-state index is 11.4. The van der Waals surface area contributed by atoms with Gasteiger partial charge < -0.3 is 10.1 Å². The van der Waals surface area contributed by atoms with Crippen LogP contribution in [0.5, 0.6) is 0 Å². The topological polar surface area (TPSA) is 73.2 Å². The monoisotopic (exact) mass is 273 g/mol. The number of ether oxygens (including phenoxy) is 1. The number of methoxy groups -OCH3 is 1. The summed E-state index contributed by atoms with van der Waals surface area (Å²) >= 11 is 3.15. The molecule has 1 aliphatic heterocycles. The third kappa shape index (κ3) is 1.63. The van der Waals surface area contributed by atoms with E-state index in [9.17, 15) is 9.59 Å². The molecule has 1 atom stereocenters. The lowest BCUT2D eigenvalue weighted by Crippen LogP contribution is -2.42. The minimum absolute atomic E-state index is 0.201. The Balaban J connectivity index is 2.44.